The minimum absolute atomic E-state index is 0.0876. The highest BCUT2D eigenvalue weighted by atomic mass is 19.1. The van der Waals surface area contributed by atoms with E-state index in [0.29, 0.717) is 18.7 Å². The van der Waals surface area contributed by atoms with E-state index in [0.717, 1.165) is 18.8 Å². The van der Waals surface area contributed by atoms with E-state index in [9.17, 15) is 14.0 Å². The van der Waals surface area contributed by atoms with Gasteiger partial charge >= 0.3 is 0 Å². The Bertz CT molecular complexity index is 786. The monoisotopic (exact) mass is 356 g/mol. The molecule has 2 amide bonds. The number of carbonyl (C=O) groups is 2. The van der Waals surface area contributed by atoms with Gasteiger partial charge < -0.3 is 15.1 Å². The van der Waals surface area contributed by atoms with Crippen LogP contribution in [0.1, 0.15) is 23.0 Å². The van der Waals surface area contributed by atoms with Gasteiger partial charge in [0.2, 0.25) is 5.91 Å². The maximum Gasteiger partial charge on any atom is 0.270 e. The van der Waals surface area contributed by atoms with Crippen molar-refractivity contribution in [3.63, 3.8) is 0 Å². The molecule has 0 spiro atoms. The molecule has 1 fully saturated rings. The molecule has 6 nitrogen and oxygen atoms in total. The number of nitrogens with zero attached hydrogens (tertiary/aromatic N) is 3. The number of hydrogen-bond acceptors (Lipinski definition) is 4. The van der Waals surface area contributed by atoms with Gasteiger partial charge in [-0.05, 0) is 18.2 Å². The van der Waals surface area contributed by atoms with E-state index in [1.807, 2.05) is 11.0 Å². The van der Waals surface area contributed by atoms with Gasteiger partial charge in [0.15, 0.2) is 0 Å². The zero-order chi connectivity index (χ0) is 18.5. The van der Waals surface area contributed by atoms with Crippen molar-refractivity contribution in [1.82, 2.24) is 15.2 Å². The summed E-state index contributed by atoms with van der Waals surface area (Å²) in [5.74, 6) is -0.605. The summed E-state index contributed by atoms with van der Waals surface area (Å²) >= 11 is 0. The SMILES string of the molecule is CC(=O)N1CCN(c2ccc(C(=O)NCc3ccccc3F)nc2)CC1. The second kappa shape index (κ2) is 7.95. The molecule has 1 saturated heterocycles. The molecule has 136 valence electrons. The maximum absolute atomic E-state index is 13.6. The number of hydrogen-bond donors (Lipinski definition) is 1. The number of aromatic nitrogens is 1. The lowest BCUT2D eigenvalue weighted by Gasteiger charge is -2.35. The molecule has 1 aliphatic rings. The van der Waals surface area contributed by atoms with Crippen LogP contribution in [0.25, 0.3) is 0 Å². The van der Waals surface area contributed by atoms with Crippen LogP contribution in [-0.4, -0.2) is 47.9 Å². The van der Waals surface area contributed by atoms with Crippen LogP contribution >= 0.6 is 0 Å². The van der Waals surface area contributed by atoms with E-state index >= 15 is 0 Å². The Morgan fingerprint density at radius 2 is 1.85 bits per heavy atom. The second-order valence-corrected chi connectivity index (χ2v) is 6.17. The minimum atomic E-state index is -0.346. The Kier molecular flexibility index (Phi) is 5.46. The number of amides is 2. The van der Waals surface area contributed by atoms with Gasteiger partial charge in [-0.1, -0.05) is 18.2 Å². The van der Waals surface area contributed by atoms with E-state index in [-0.39, 0.29) is 29.9 Å². The van der Waals surface area contributed by atoms with Gasteiger partial charge in [-0.2, -0.15) is 0 Å². The highest BCUT2D eigenvalue weighted by Crippen LogP contribution is 2.16. The van der Waals surface area contributed by atoms with Crippen LogP contribution in [0.2, 0.25) is 0 Å². The average Bonchev–Trinajstić information content (AvgIpc) is 2.67. The van der Waals surface area contributed by atoms with Crippen LogP contribution in [0.5, 0.6) is 0 Å². The number of halogens is 1. The third-order valence-electron chi connectivity index (χ3n) is 4.47. The quantitative estimate of drug-likeness (QED) is 0.908. The molecule has 0 bridgehead atoms. The Morgan fingerprint density at radius 3 is 2.46 bits per heavy atom. The molecule has 0 unspecified atom stereocenters. The summed E-state index contributed by atoms with van der Waals surface area (Å²) in [5, 5.41) is 2.67. The Morgan fingerprint density at radius 1 is 1.12 bits per heavy atom. The molecule has 2 heterocycles. The molecule has 1 N–H and O–H groups in total. The smallest absolute Gasteiger partial charge is 0.270 e. The highest BCUT2D eigenvalue weighted by Gasteiger charge is 2.19. The fourth-order valence-corrected chi connectivity index (χ4v) is 2.89. The van der Waals surface area contributed by atoms with Gasteiger partial charge in [0.25, 0.3) is 5.91 Å². The molecule has 1 aliphatic heterocycles. The van der Waals surface area contributed by atoms with Crippen LogP contribution in [0.15, 0.2) is 42.6 Å². The van der Waals surface area contributed by atoms with E-state index in [1.54, 1.807) is 37.4 Å². The van der Waals surface area contributed by atoms with Crippen molar-refractivity contribution in [1.29, 1.82) is 0 Å². The van der Waals surface area contributed by atoms with Gasteiger partial charge in [-0.15, -0.1) is 0 Å². The summed E-state index contributed by atoms with van der Waals surface area (Å²) in [7, 11) is 0. The first kappa shape index (κ1) is 17.8. The molecule has 3 rings (SSSR count). The predicted octanol–water partition coefficient (Wildman–Crippen LogP) is 1.82. The molecule has 2 aromatic rings. The first-order chi connectivity index (χ1) is 12.5. The zero-order valence-electron chi connectivity index (χ0n) is 14.6. The molecule has 0 saturated carbocycles. The number of pyridine rings is 1. The Hall–Kier alpha value is -2.96. The topological polar surface area (TPSA) is 65.5 Å². The molecular formula is C19H21FN4O2. The van der Waals surface area contributed by atoms with Gasteiger partial charge in [0.1, 0.15) is 11.5 Å². The summed E-state index contributed by atoms with van der Waals surface area (Å²) in [6.45, 7) is 4.52. The van der Waals surface area contributed by atoms with Crippen molar-refractivity contribution in [3.05, 3.63) is 59.7 Å². The van der Waals surface area contributed by atoms with Crippen LogP contribution in [0.3, 0.4) is 0 Å². The summed E-state index contributed by atoms with van der Waals surface area (Å²) in [6, 6.07) is 9.83. The lowest BCUT2D eigenvalue weighted by atomic mass is 10.2. The predicted molar refractivity (Wildman–Crippen MR) is 96.3 cm³/mol. The molecule has 7 heteroatoms. The fraction of sp³-hybridized carbons (Fsp3) is 0.316. The van der Waals surface area contributed by atoms with Gasteiger partial charge in [-0.3, -0.25) is 9.59 Å². The molecule has 0 radical (unpaired) electrons. The summed E-state index contributed by atoms with van der Waals surface area (Å²) in [5.41, 5.74) is 1.63. The van der Waals surface area contributed by atoms with Crippen LogP contribution < -0.4 is 10.2 Å². The number of nitrogens with one attached hydrogen (secondary N) is 1. The lowest BCUT2D eigenvalue weighted by molar-refractivity contribution is -0.129. The third-order valence-corrected chi connectivity index (χ3v) is 4.47. The summed E-state index contributed by atoms with van der Waals surface area (Å²) in [6.07, 6.45) is 1.65. The van der Waals surface area contributed by atoms with Crippen LogP contribution in [-0.2, 0) is 11.3 Å². The van der Waals surface area contributed by atoms with E-state index in [2.05, 4.69) is 15.2 Å². The van der Waals surface area contributed by atoms with Crippen molar-refractivity contribution in [2.45, 2.75) is 13.5 Å². The van der Waals surface area contributed by atoms with Gasteiger partial charge in [0.05, 0.1) is 11.9 Å². The summed E-state index contributed by atoms with van der Waals surface area (Å²) in [4.78, 5) is 31.7. The molecular weight excluding hydrogens is 335 g/mol. The third kappa shape index (κ3) is 4.17. The minimum Gasteiger partial charge on any atom is -0.367 e. The highest BCUT2D eigenvalue weighted by molar-refractivity contribution is 5.92. The number of anilines is 1. The Labute approximate surface area is 151 Å². The van der Waals surface area contributed by atoms with E-state index in [4.69, 9.17) is 0 Å². The lowest BCUT2D eigenvalue weighted by Crippen LogP contribution is -2.48. The number of carbonyl (C=O) groups excluding carboxylic acids is 2. The van der Waals surface area contributed by atoms with Crippen molar-refractivity contribution in [3.8, 4) is 0 Å². The Balaban J connectivity index is 1.56. The number of piperazine rings is 1. The van der Waals surface area contributed by atoms with Crippen LogP contribution in [0, 0.1) is 5.82 Å². The first-order valence-corrected chi connectivity index (χ1v) is 8.52. The summed E-state index contributed by atoms with van der Waals surface area (Å²) < 4.78 is 13.6. The first-order valence-electron chi connectivity index (χ1n) is 8.52. The largest absolute Gasteiger partial charge is 0.367 e. The van der Waals surface area contributed by atoms with Crippen molar-refractivity contribution in [2.75, 3.05) is 31.1 Å². The molecule has 1 aromatic heterocycles. The normalized spacial score (nSPS) is 14.2. The average molecular weight is 356 g/mol. The van der Waals surface area contributed by atoms with Crippen LogP contribution in [0.4, 0.5) is 10.1 Å². The molecule has 26 heavy (non-hydrogen) atoms. The van der Waals surface area contributed by atoms with Crippen molar-refractivity contribution >= 4 is 17.5 Å². The molecule has 1 aromatic carbocycles. The maximum atomic E-state index is 13.6. The molecule has 0 aliphatic carbocycles. The van der Waals surface area contributed by atoms with E-state index in [1.165, 1.54) is 6.07 Å². The zero-order valence-corrected chi connectivity index (χ0v) is 14.6. The van der Waals surface area contributed by atoms with Crippen molar-refractivity contribution in [2.24, 2.45) is 0 Å². The molecule has 0 atom stereocenters. The van der Waals surface area contributed by atoms with Gasteiger partial charge in [0, 0.05) is 45.2 Å². The standard InChI is InChI=1S/C19H21FN4O2/c1-14(25)23-8-10-24(11-9-23)16-6-7-18(21-13-16)19(26)22-12-15-4-2-3-5-17(15)20/h2-7,13H,8-12H2,1H3,(H,22,26). The van der Waals surface area contributed by atoms with Crippen molar-refractivity contribution < 1.29 is 14.0 Å². The van der Waals surface area contributed by atoms with Gasteiger partial charge in [-0.25, -0.2) is 9.37 Å². The van der Waals surface area contributed by atoms with E-state index < -0.39 is 0 Å². The second-order valence-electron chi connectivity index (χ2n) is 6.17. The fourth-order valence-electron chi connectivity index (χ4n) is 2.89. The number of rotatable bonds is 4. The number of benzene rings is 1.